The first-order valence-corrected chi connectivity index (χ1v) is 11.1. The van der Waals surface area contributed by atoms with E-state index >= 15 is 0 Å². The van der Waals surface area contributed by atoms with Crippen LogP contribution in [0, 0.1) is 0 Å². The van der Waals surface area contributed by atoms with Crippen molar-refractivity contribution in [1.82, 2.24) is 9.62 Å². The van der Waals surface area contributed by atoms with Crippen molar-refractivity contribution in [3.8, 4) is 0 Å². The molecule has 0 radical (unpaired) electrons. The van der Waals surface area contributed by atoms with Gasteiger partial charge in [-0.3, -0.25) is 4.79 Å². The predicted octanol–water partition coefficient (Wildman–Crippen LogP) is 2.71. The van der Waals surface area contributed by atoms with Crippen LogP contribution in [0.5, 0.6) is 0 Å². The molecular weight excluding hydrogens is 380 g/mol. The number of hydrogen-bond acceptors (Lipinski definition) is 5. The van der Waals surface area contributed by atoms with E-state index in [1.54, 1.807) is 20.9 Å². The van der Waals surface area contributed by atoms with Crippen LogP contribution >= 0.6 is 0 Å². The number of sulfonamides is 1. The summed E-state index contributed by atoms with van der Waals surface area (Å²) < 4.78 is 32.2. The van der Waals surface area contributed by atoms with Gasteiger partial charge in [-0.15, -0.1) is 0 Å². The molecule has 0 aliphatic heterocycles. The highest BCUT2D eigenvalue weighted by Crippen LogP contribution is 2.27. The average Bonchev–Trinajstić information content (AvgIpc) is 2.72. The van der Waals surface area contributed by atoms with Crippen LogP contribution in [0.3, 0.4) is 0 Å². The molecule has 1 atom stereocenters. The second-order valence-corrected chi connectivity index (χ2v) is 9.47. The Kier molecular flexibility index (Phi) is 7.22. The van der Waals surface area contributed by atoms with Crippen molar-refractivity contribution in [1.29, 1.82) is 0 Å². The van der Waals surface area contributed by atoms with E-state index in [0.29, 0.717) is 6.42 Å². The topological polar surface area (TPSA) is 92.8 Å². The van der Waals surface area contributed by atoms with Crippen molar-refractivity contribution >= 4 is 21.9 Å². The molecule has 1 amide bonds. The molecule has 1 aliphatic rings. The molecule has 1 aliphatic carbocycles. The maximum atomic E-state index is 13.0. The van der Waals surface area contributed by atoms with Crippen molar-refractivity contribution in [3.05, 3.63) is 29.8 Å². The molecule has 7 nitrogen and oxygen atoms in total. The average molecular weight is 411 g/mol. The van der Waals surface area contributed by atoms with Gasteiger partial charge in [0.1, 0.15) is 5.54 Å². The zero-order valence-corrected chi connectivity index (χ0v) is 17.8. The third kappa shape index (κ3) is 4.72. The van der Waals surface area contributed by atoms with Crippen LogP contribution in [-0.4, -0.2) is 50.3 Å². The summed E-state index contributed by atoms with van der Waals surface area (Å²) in [6.07, 6.45) is 5.23. The summed E-state index contributed by atoms with van der Waals surface area (Å²) >= 11 is 0. The predicted molar refractivity (Wildman–Crippen MR) is 106 cm³/mol. The quantitative estimate of drug-likeness (QED) is 0.698. The molecule has 0 heterocycles. The van der Waals surface area contributed by atoms with E-state index in [1.807, 2.05) is 0 Å². The number of esters is 1. The number of amides is 1. The Morgan fingerprint density at radius 1 is 1.25 bits per heavy atom. The molecule has 1 N–H and O–H groups in total. The van der Waals surface area contributed by atoms with Crippen molar-refractivity contribution in [2.24, 2.45) is 0 Å². The normalized spacial score (nSPS) is 17.8. The second kappa shape index (κ2) is 9.05. The lowest BCUT2D eigenvalue weighted by atomic mass is 9.96. The fourth-order valence-electron chi connectivity index (χ4n) is 3.44. The Balaban J connectivity index is 2.25. The number of carbonyl (C=O) groups is 2. The zero-order chi connectivity index (χ0) is 20.9. The van der Waals surface area contributed by atoms with Gasteiger partial charge in [0, 0.05) is 18.7 Å². The van der Waals surface area contributed by atoms with Crippen LogP contribution in [0.25, 0.3) is 0 Å². The Labute approximate surface area is 167 Å². The van der Waals surface area contributed by atoms with Crippen LogP contribution in [0.15, 0.2) is 29.2 Å². The summed E-state index contributed by atoms with van der Waals surface area (Å²) in [5, 5.41) is 2.66. The van der Waals surface area contributed by atoms with Gasteiger partial charge in [-0.25, -0.2) is 13.2 Å². The Morgan fingerprint density at radius 3 is 2.46 bits per heavy atom. The lowest BCUT2D eigenvalue weighted by Gasteiger charge is -2.30. The molecule has 8 heteroatoms. The van der Waals surface area contributed by atoms with Gasteiger partial charge < -0.3 is 10.1 Å². The largest absolute Gasteiger partial charge is 0.467 e. The number of carbonyl (C=O) groups excluding carboxylic acids is 2. The van der Waals surface area contributed by atoms with Crippen LogP contribution < -0.4 is 5.32 Å². The summed E-state index contributed by atoms with van der Waals surface area (Å²) in [6, 6.07) is 5.90. The van der Waals surface area contributed by atoms with Gasteiger partial charge in [-0.1, -0.05) is 32.3 Å². The lowest BCUT2D eigenvalue weighted by Crippen LogP contribution is -2.52. The van der Waals surface area contributed by atoms with Crippen molar-refractivity contribution in [2.75, 3.05) is 14.2 Å². The van der Waals surface area contributed by atoms with Gasteiger partial charge in [-0.05, 0) is 44.4 Å². The third-order valence-electron chi connectivity index (χ3n) is 5.59. The van der Waals surface area contributed by atoms with Gasteiger partial charge in [0.15, 0.2) is 0 Å². The third-order valence-corrected chi connectivity index (χ3v) is 7.50. The van der Waals surface area contributed by atoms with E-state index in [9.17, 15) is 18.0 Å². The van der Waals surface area contributed by atoms with Gasteiger partial charge >= 0.3 is 5.97 Å². The van der Waals surface area contributed by atoms with E-state index in [4.69, 9.17) is 4.74 Å². The Bertz CT molecular complexity index is 818. The first kappa shape index (κ1) is 22.4. The molecule has 0 saturated heterocycles. The number of nitrogens with zero attached hydrogens (tertiary/aromatic N) is 1. The molecule has 0 spiro atoms. The second-order valence-electron chi connectivity index (χ2n) is 7.47. The van der Waals surface area contributed by atoms with E-state index in [2.05, 4.69) is 5.32 Å². The molecule has 1 unspecified atom stereocenters. The van der Waals surface area contributed by atoms with E-state index in [0.717, 1.165) is 32.1 Å². The first-order valence-electron chi connectivity index (χ1n) is 9.64. The van der Waals surface area contributed by atoms with Crippen molar-refractivity contribution in [3.63, 3.8) is 0 Å². The van der Waals surface area contributed by atoms with Crippen LogP contribution in [0.4, 0.5) is 0 Å². The lowest BCUT2D eigenvalue weighted by molar-refractivity contribution is -0.147. The van der Waals surface area contributed by atoms with Crippen LogP contribution in [-0.2, 0) is 19.6 Å². The monoisotopic (exact) mass is 410 g/mol. The molecule has 28 heavy (non-hydrogen) atoms. The van der Waals surface area contributed by atoms with Gasteiger partial charge in [0.25, 0.3) is 5.91 Å². The molecule has 1 aromatic rings. The fourth-order valence-corrected chi connectivity index (χ4v) is 4.90. The highest BCUT2D eigenvalue weighted by molar-refractivity contribution is 7.89. The van der Waals surface area contributed by atoms with E-state index in [-0.39, 0.29) is 16.5 Å². The molecular formula is C20H30N2O5S. The molecule has 2 rings (SSSR count). The smallest absolute Gasteiger partial charge is 0.331 e. The standard InChI is InChI=1S/C20H30N2O5S/c1-5-20(2,19(24)27-4)21-18(23)15-10-9-13-17(14-15)28(25,26)22(3)16-11-7-6-8-12-16/h9-10,13-14,16H,5-8,11-12H2,1-4H3,(H,21,23). The molecule has 156 valence electrons. The molecule has 0 bridgehead atoms. The maximum absolute atomic E-state index is 13.0. The number of nitrogens with one attached hydrogen (secondary N) is 1. The minimum atomic E-state index is -3.70. The summed E-state index contributed by atoms with van der Waals surface area (Å²) in [6.45, 7) is 3.34. The van der Waals surface area contributed by atoms with E-state index in [1.165, 1.54) is 35.7 Å². The van der Waals surface area contributed by atoms with Crippen LogP contribution in [0.2, 0.25) is 0 Å². The summed E-state index contributed by atoms with van der Waals surface area (Å²) in [7, 11) is -0.842. The zero-order valence-electron chi connectivity index (χ0n) is 17.0. The number of ether oxygens (including phenoxy) is 1. The van der Waals surface area contributed by atoms with Gasteiger partial charge in [0.05, 0.1) is 12.0 Å². The van der Waals surface area contributed by atoms with Crippen molar-refractivity contribution in [2.45, 2.75) is 68.8 Å². The number of benzene rings is 1. The minimum Gasteiger partial charge on any atom is -0.467 e. The number of methoxy groups -OCH3 is 1. The Morgan fingerprint density at radius 2 is 1.89 bits per heavy atom. The van der Waals surface area contributed by atoms with Gasteiger partial charge in [-0.2, -0.15) is 4.31 Å². The highest BCUT2D eigenvalue weighted by Gasteiger charge is 2.35. The fraction of sp³-hybridized carbons (Fsp3) is 0.600. The number of hydrogen-bond donors (Lipinski definition) is 1. The molecule has 1 saturated carbocycles. The highest BCUT2D eigenvalue weighted by atomic mass is 32.2. The van der Waals surface area contributed by atoms with Crippen molar-refractivity contribution < 1.29 is 22.7 Å². The number of rotatable bonds is 7. The summed E-state index contributed by atoms with van der Waals surface area (Å²) in [5.74, 6) is -1.07. The summed E-state index contributed by atoms with van der Waals surface area (Å²) in [4.78, 5) is 24.7. The maximum Gasteiger partial charge on any atom is 0.331 e. The molecule has 0 aromatic heterocycles. The minimum absolute atomic E-state index is 0.0149. The molecule has 1 aromatic carbocycles. The Hall–Kier alpha value is -1.93. The SMILES string of the molecule is CCC(C)(NC(=O)c1cccc(S(=O)(=O)N(C)C2CCCCC2)c1)C(=O)OC. The first-order chi connectivity index (χ1) is 13.2. The van der Waals surface area contributed by atoms with E-state index < -0.39 is 27.4 Å². The van der Waals surface area contributed by atoms with Gasteiger partial charge in [0.2, 0.25) is 10.0 Å². The summed E-state index contributed by atoms with van der Waals surface area (Å²) in [5.41, 5.74) is -0.999. The van der Waals surface area contributed by atoms with Crippen LogP contribution in [0.1, 0.15) is 62.7 Å². The molecule has 1 fully saturated rings.